The van der Waals surface area contributed by atoms with Crippen LogP contribution in [0.2, 0.25) is 0 Å². The van der Waals surface area contributed by atoms with Gasteiger partial charge in [-0.05, 0) is 63.3 Å². The first-order valence-corrected chi connectivity index (χ1v) is 12.8. The molecule has 3 aromatic heterocycles. The normalized spacial score (nSPS) is 14.9. The largest absolute Gasteiger partial charge is 0.479 e. The van der Waals surface area contributed by atoms with Crippen molar-refractivity contribution in [3.05, 3.63) is 78.5 Å². The van der Waals surface area contributed by atoms with Gasteiger partial charge in [-0.15, -0.1) is 5.10 Å². The number of nitrogens with zero attached hydrogens (tertiary/aromatic N) is 5. The van der Waals surface area contributed by atoms with Crippen LogP contribution in [-0.2, 0) is 5.54 Å². The topological polar surface area (TPSA) is 104 Å². The van der Waals surface area contributed by atoms with Crippen LogP contribution in [0.25, 0.3) is 38.9 Å². The van der Waals surface area contributed by atoms with Crippen molar-refractivity contribution < 1.29 is 15.0 Å². The van der Waals surface area contributed by atoms with Crippen molar-refractivity contribution in [2.45, 2.75) is 51.1 Å². The van der Waals surface area contributed by atoms with E-state index in [2.05, 4.69) is 22.3 Å². The summed E-state index contributed by atoms with van der Waals surface area (Å²) in [4.78, 5) is 19.0. The average Bonchev–Trinajstić information content (AvgIpc) is 3.26. The number of carbonyl (C=O) groups is 1. The Morgan fingerprint density at radius 1 is 0.974 bits per heavy atom. The molecule has 0 saturated heterocycles. The zero-order chi connectivity index (χ0) is 26.7. The summed E-state index contributed by atoms with van der Waals surface area (Å²) < 4.78 is 1.54. The summed E-state index contributed by atoms with van der Waals surface area (Å²) in [6.07, 6.45) is 3.43. The maximum Gasteiger partial charge on any atom is 0.408 e. The molecule has 3 heterocycles. The van der Waals surface area contributed by atoms with Gasteiger partial charge >= 0.3 is 12.1 Å². The summed E-state index contributed by atoms with van der Waals surface area (Å²) in [5.74, 6) is 0. The molecule has 0 bridgehead atoms. The average molecular weight is 508 g/mol. The molecule has 0 radical (unpaired) electrons. The van der Waals surface area contributed by atoms with Gasteiger partial charge < -0.3 is 10.2 Å². The Morgan fingerprint density at radius 2 is 1.68 bits per heavy atom. The van der Waals surface area contributed by atoms with E-state index < -0.39 is 17.2 Å². The van der Waals surface area contributed by atoms with Crippen molar-refractivity contribution in [2.24, 2.45) is 0 Å². The van der Waals surface area contributed by atoms with Crippen molar-refractivity contribution in [1.29, 1.82) is 0 Å². The van der Waals surface area contributed by atoms with E-state index in [0.29, 0.717) is 5.65 Å². The Labute approximate surface area is 220 Å². The Kier molecular flexibility index (Phi) is 5.38. The van der Waals surface area contributed by atoms with Gasteiger partial charge in [0, 0.05) is 28.2 Å². The molecule has 192 valence electrons. The fourth-order valence-electron chi connectivity index (χ4n) is 5.84. The van der Waals surface area contributed by atoms with Crippen LogP contribution in [0, 0.1) is 0 Å². The lowest BCUT2D eigenvalue weighted by atomic mass is 9.69. The molecule has 1 aliphatic carbocycles. The van der Waals surface area contributed by atoms with E-state index in [1.165, 1.54) is 4.40 Å². The van der Waals surface area contributed by atoms with Gasteiger partial charge in [0.1, 0.15) is 0 Å². The molecule has 5 aromatic rings. The quantitative estimate of drug-likeness (QED) is 0.289. The zero-order valence-corrected chi connectivity index (χ0v) is 21.6. The number of carboxylic acid groups (broad SMARTS) is 1. The highest BCUT2D eigenvalue weighted by molar-refractivity contribution is 5.98. The van der Waals surface area contributed by atoms with Crippen LogP contribution < -0.4 is 0 Å². The molecule has 2 N–H and O–H groups in total. The second-order valence-corrected chi connectivity index (χ2v) is 10.9. The summed E-state index contributed by atoms with van der Waals surface area (Å²) >= 11 is 0. The number of benzene rings is 2. The lowest BCUT2D eigenvalue weighted by Crippen LogP contribution is -2.60. The van der Waals surface area contributed by atoms with Crippen LogP contribution in [0.5, 0.6) is 6.01 Å². The summed E-state index contributed by atoms with van der Waals surface area (Å²) in [5.41, 5.74) is 4.93. The summed E-state index contributed by atoms with van der Waals surface area (Å²) in [5, 5.41) is 29.0. The number of aromatic nitrogens is 4. The molecule has 1 fully saturated rings. The van der Waals surface area contributed by atoms with Gasteiger partial charge in [-0.1, -0.05) is 59.7 Å². The SMILES string of the molecule is CC(C)(C)N(C(=O)O)C1(c2ccc(-c3nc4ccn5c(O)nnc5c4cc3-c3ccccc3)cc2)CCC1. The van der Waals surface area contributed by atoms with E-state index in [4.69, 9.17) is 4.98 Å². The van der Waals surface area contributed by atoms with E-state index in [-0.39, 0.29) is 6.01 Å². The molecule has 0 spiro atoms. The lowest BCUT2D eigenvalue weighted by molar-refractivity contribution is -0.0328. The highest BCUT2D eigenvalue weighted by Crippen LogP contribution is 2.50. The Bertz CT molecular complexity index is 1670. The van der Waals surface area contributed by atoms with Crippen LogP contribution in [0.1, 0.15) is 45.6 Å². The third-order valence-electron chi connectivity index (χ3n) is 7.60. The Balaban J connectivity index is 1.50. The maximum atomic E-state index is 12.4. The number of amides is 1. The molecule has 6 rings (SSSR count). The molecule has 38 heavy (non-hydrogen) atoms. The van der Waals surface area contributed by atoms with Gasteiger partial charge in [0.15, 0.2) is 5.65 Å². The number of aromatic hydroxyl groups is 1. The minimum atomic E-state index is -0.894. The number of fused-ring (bicyclic) bond motifs is 3. The van der Waals surface area contributed by atoms with E-state index in [0.717, 1.165) is 58.1 Å². The third kappa shape index (κ3) is 3.67. The van der Waals surface area contributed by atoms with Gasteiger partial charge in [-0.25, -0.2) is 9.78 Å². The summed E-state index contributed by atoms with van der Waals surface area (Å²) in [6, 6.07) is 21.9. The van der Waals surface area contributed by atoms with Gasteiger partial charge in [0.2, 0.25) is 0 Å². The fourth-order valence-corrected chi connectivity index (χ4v) is 5.84. The standard InChI is InChI=1S/C30H29N5O3/c1-29(2,3)35(28(37)38)30(15-7-16-30)21-12-10-20(11-13-21)25-22(19-8-5-4-6-9-19)18-23-24(31-25)14-17-34-26(23)32-33-27(34)36/h4-6,8-14,17-18H,7,15-16H2,1-3H3,(H,33,36)(H,37,38). The van der Waals surface area contributed by atoms with Crippen molar-refractivity contribution in [3.8, 4) is 28.4 Å². The number of hydrogen-bond donors (Lipinski definition) is 2. The molecular formula is C30H29N5O3. The van der Waals surface area contributed by atoms with Crippen LogP contribution >= 0.6 is 0 Å². The van der Waals surface area contributed by atoms with Gasteiger partial charge in [-0.2, -0.15) is 0 Å². The van der Waals surface area contributed by atoms with Gasteiger partial charge in [0.05, 0.1) is 16.7 Å². The fraction of sp³-hybridized carbons (Fsp3) is 0.267. The number of hydrogen-bond acceptors (Lipinski definition) is 5. The third-order valence-corrected chi connectivity index (χ3v) is 7.60. The highest BCUT2D eigenvalue weighted by atomic mass is 16.4. The smallest absolute Gasteiger partial charge is 0.408 e. The number of pyridine rings is 2. The van der Waals surface area contributed by atoms with Crippen LogP contribution in [0.4, 0.5) is 4.79 Å². The summed E-state index contributed by atoms with van der Waals surface area (Å²) in [7, 11) is 0. The van der Waals surface area contributed by atoms with E-state index in [1.807, 2.05) is 75.4 Å². The first kappa shape index (κ1) is 23.9. The highest BCUT2D eigenvalue weighted by Gasteiger charge is 2.50. The number of rotatable bonds is 4. The van der Waals surface area contributed by atoms with Crippen LogP contribution in [-0.4, -0.2) is 46.3 Å². The molecule has 8 nitrogen and oxygen atoms in total. The van der Waals surface area contributed by atoms with Crippen LogP contribution in [0.15, 0.2) is 72.9 Å². The Hall–Kier alpha value is -4.46. The molecule has 8 heteroatoms. The van der Waals surface area contributed by atoms with Crippen molar-refractivity contribution in [2.75, 3.05) is 0 Å². The summed E-state index contributed by atoms with van der Waals surface area (Å²) in [6.45, 7) is 5.85. The minimum Gasteiger partial charge on any atom is -0.479 e. The molecule has 0 unspecified atom stereocenters. The maximum absolute atomic E-state index is 12.4. The molecule has 1 saturated carbocycles. The zero-order valence-electron chi connectivity index (χ0n) is 21.6. The molecule has 0 atom stereocenters. The van der Waals surface area contributed by atoms with Gasteiger partial charge in [0.25, 0.3) is 0 Å². The van der Waals surface area contributed by atoms with E-state index in [1.54, 1.807) is 11.1 Å². The van der Waals surface area contributed by atoms with Crippen molar-refractivity contribution in [1.82, 2.24) is 24.5 Å². The van der Waals surface area contributed by atoms with Crippen molar-refractivity contribution >= 4 is 22.6 Å². The predicted octanol–water partition coefficient (Wildman–Crippen LogP) is 6.47. The predicted molar refractivity (Wildman–Crippen MR) is 146 cm³/mol. The first-order valence-electron chi connectivity index (χ1n) is 12.8. The Morgan fingerprint density at radius 3 is 2.29 bits per heavy atom. The first-order chi connectivity index (χ1) is 18.2. The van der Waals surface area contributed by atoms with Gasteiger partial charge in [-0.3, -0.25) is 9.30 Å². The molecule has 2 aromatic carbocycles. The van der Waals surface area contributed by atoms with E-state index >= 15 is 0 Å². The second-order valence-electron chi connectivity index (χ2n) is 10.9. The van der Waals surface area contributed by atoms with Crippen LogP contribution in [0.3, 0.4) is 0 Å². The molecule has 1 aliphatic rings. The van der Waals surface area contributed by atoms with Crippen molar-refractivity contribution in [3.63, 3.8) is 0 Å². The van der Waals surface area contributed by atoms with E-state index in [9.17, 15) is 15.0 Å². The molecule has 0 aliphatic heterocycles. The minimum absolute atomic E-state index is 0.168. The second kappa shape index (κ2) is 8.55. The molecular weight excluding hydrogens is 478 g/mol. The molecule has 1 amide bonds. The lowest BCUT2D eigenvalue weighted by Gasteiger charge is -2.54. The monoisotopic (exact) mass is 507 g/mol.